The van der Waals surface area contributed by atoms with E-state index in [0.29, 0.717) is 0 Å². The molecule has 1 aromatic carbocycles. The van der Waals surface area contributed by atoms with Crippen molar-refractivity contribution in [3.05, 3.63) is 71.2 Å². The average molecular weight is 362 g/mol. The zero-order chi connectivity index (χ0) is 19.4. The first kappa shape index (κ1) is 19.3. The topological polar surface area (TPSA) is 36.8 Å². The molecule has 0 amide bonds. The van der Waals surface area contributed by atoms with Crippen LogP contribution in [0.15, 0.2) is 70.1 Å². The Morgan fingerprint density at radius 3 is 2.56 bits per heavy atom. The van der Waals surface area contributed by atoms with Crippen molar-refractivity contribution in [3.8, 4) is 0 Å². The number of nitrogens with one attached hydrogen (secondary N) is 1. The summed E-state index contributed by atoms with van der Waals surface area (Å²) in [5, 5.41) is 3.46. The van der Waals surface area contributed by atoms with Gasteiger partial charge in [-0.05, 0) is 43.4 Å². The smallest absolute Gasteiger partial charge is 0.106 e. The van der Waals surface area contributed by atoms with Gasteiger partial charge >= 0.3 is 0 Å². The maximum Gasteiger partial charge on any atom is 0.106 e. The number of hydrogen-bond donors (Lipinski definition) is 1. The summed E-state index contributed by atoms with van der Waals surface area (Å²) in [7, 11) is 0. The van der Waals surface area contributed by atoms with Crippen molar-refractivity contribution in [2.45, 2.75) is 59.8 Å². The van der Waals surface area contributed by atoms with Gasteiger partial charge in [-0.3, -0.25) is 4.99 Å². The minimum Gasteiger partial charge on any atom is -0.347 e. The van der Waals surface area contributed by atoms with Gasteiger partial charge in [0.25, 0.3) is 0 Å². The van der Waals surface area contributed by atoms with Gasteiger partial charge in [0.1, 0.15) is 5.84 Å². The van der Waals surface area contributed by atoms with Gasteiger partial charge in [-0.25, -0.2) is 4.99 Å². The van der Waals surface area contributed by atoms with E-state index in [1.165, 1.54) is 28.0 Å². The Bertz CT molecular complexity index is 837. The molecule has 1 unspecified atom stereocenters. The van der Waals surface area contributed by atoms with Crippen LogP contribution < -0.4 is 5.32 Å². The average Bonchev–Trinajstić information content (AvgIpc) is 3.07. The van der Waals surface area contributed by atoms with Crippen molar-refractivity contribution in [1.29, 1.82) is 0 Å². The fraction of sp³-hybridized carbons (Fsp3) is 0.417. The molecule has 0 saturated carbocycles. The first-order valence-corrected chi connectivity index (χ1v) is 9.85. The molecule has 2 aliphatic heterocycles. The van der Waals surface area contributed by atoms with Crippen LogP contribution in [0.3, 0.4) is 0 Å². The molecular weight excluding hydrogens is 330 g/mol. The highest BCUT2D eigenvalue weighted by Gasteiger charge is 2.33. The van der Waals surface area contributed by atoms with Crippen LogP contribution in [-0.4, -0.2) is 11.5 Å². The Balaban J connectivity index is 1.60. The summed E-state index contributed by atoms with van der Waals surface area (Å²) < 4.78 is 0. The molecule has 0 fully saturated rings. The van der Waals surface area contributed by atoms with Crippen LogP contribution in [0.2, 0.25) is 0 Å². The molecule has 0 radical (unpaired) electrons. The lowest BCUT2D eigenvalue weighted by Gasteiger charge is -2.34. The van der Waals surface area contributed by atoms with Gasteiger partial charge in [-0.15, -0.1) is 0 Å². The molecule has 3 heteroatoms. The number of hydrogen-bond acceptors (Lipinski definition) is 3. The Morgan fingerprint density at radius 1 is 1.15 bits per heavy atom. The lowest BCUT2D eigenvalue weighted by Crippen LogP contribution is -2.34. The van der Waals surface area contributed by atoms with Crippen molar-refractivity contribution in [2.75, 3.05) is 0 Å². The predicted molar refractivity (Wildman–Crippen MR) is 116 cm³/mol. The zero-order valence-electron chi connectivity index (χ0n) is 17.1. The van der Waals surface area contributed by atoms with E-state index in [0.717, 1.165) is 43.6 Å². The summed E-state index contributed by atoms with van der Waals surface area (Å²) in [4.78, 5) is 9.30. The lowest BCUT2D eigenvalue weighted by molar-refractivity contribution is 0.422. The number of benzene rings is 1. The van der Waals surface area contributed by atoms with Crippen LogP contribution in [-0.2, 0) is 6.42 Å². The van der Waals surface area contributed by atoms with E-state index < -0.39 is 0 Å². The Labute approximate surface area is 163 Å². The number of allylic oxidation sites excluding steroid dienone is 3. The van der Waals surface area contributed by atoms with Crippen molar-refractivity contribution in [3.63, 3.8) is 0 Å². The van der Waals surface area contributed by atoms with E-state index in [9.17, 15) is 0 Å². The van der Waals surface area contributed by atoms with Crippen molar-refractivity contribution >= 4 is 11.5 Å². The monoisotopic (exact) mass is 361 g/mol. The van der Waals surface area contributed by atoms with E-state index in [1.54, 1.807) is 0 Å². The second kappa shape index (κ2) is 8.08. The lowest BCUT2D eigenvalue weighted by atomic mass is 9.74. The number of rotatable bonds is 6. The van der Waals surface area contributed by atoms with Crippen LogP contribution in [0.4, 0.5) is 0 Å². The van der Waals surface area contributed by atoms with Gasteiger partial charge in [0, 0.05) is 48.5 Å². The van der Waals surface area contributed by atoms with E-state index in [2.05, 4.69) is 80.0 Å². The zero-order valence-corrected chi connectivity index (χ0v) is 17.1. The second-order valence-corrected chi connectivity index (χ2v) is 8.21. The van der Waals surface area contributed by atoms with Crippen LogP contribution in [0.25, 0.3) is 0 Å². The van der Waals surface area contributed by atoms with Gasteiger partial charge in [0.05, 0.1) is 0 Å². The normalized spacial score (nSPS) is 21.9. The van der Waals surface area contributed by atoms with E-state index in [4.69, 9.17) is 0 Å². The van der Waals surface area contributed by atoms with Gasteiger partial charge in [-0.2, -0.15) is 0 Å². The molecule has 27 heavy (non-hydrogen) atoms. The molecular formula is C24H31N3. The molecule has 0 bridgehead atoms. The highest BCUT2D eigenvalue weighted by molar-refractivity contribution is 5.92. The van der Waals surface area contributed by atoms with E-state index in [-0.39, 0.29) is 5.41 Å². The molecule has 1 aromatic rings. The molecule has 0 aromatic heterocycles. The van der Waals surface area contributed by atoms with Gasteiger partial charge in [0.2, 0.25) is 0 Å². The number of amidine groups is 1. The fourth-order valence-corrected chi connectivity index (χ4v) is 3.67. The van der Waals surface area contributed by atoms with Crippen LogP contribution >= 0.6 is 0 Å². The summed E-state index contributed by atoms with van der Waals surface area (Å²) in [6.07, 6.45) is 8.87. The van der Waals surface area contributed by atoms with Crippen LogP contribution in [0, 0.1) is 12.3 Å². The van der Waals surface area contributed by atoms with Crippen LogP contribution in [0.1, 0.15) is 57.6 Å². The van der Waals surface area contributed by atoms with E-state index >= 15 is 0 Å². The van der Waals surface area contributed by atoms with Crippen LogP contribution in [0.5, 0.6) is 0 Å². The summed E-state index contributed by atoms with van der Waals surface area (Å²) in [5.41, 5.74) is 7.64. The van der Waals surface area contributed by atoms with Crippen molar-refractivity contribution in [1.82, 2.24) is 5.32 Å². The van der Waals surface area contributed by atoms with Crippen molar-refractivity contribution in [2.24, 2.45) is 15.4 Å². The molecule has 2 aliphatic rings. The molecule has 142 valence electrons. The summed E-state index contributed by atoms with van der Waals surface area (Å²) in [5.74, 6) is 1.00. The number of aryl methyl sites for hydroxylation is 1. The third-order valence-electron chi connectivity index (χ3n) is 5.69. The molecule has 1 atom stereocenters. The fourth-order valence-electron chi connectivity index (χ4n) is 3.67. The molecule has 1 N–H and O–H groups in total. The molecule has 2 heterocycles. The Kier molecular flexibility index (Phi) is 5.79. The second-order valence-electron chi connectivity index (χ2n) is 8.21. The summed E-state index contributed by atoms with van der Waals surface area (Å²) in [6.45, 7) is 13.0. The molecule has 3 rings (SSSR count). The van der Waals surface area contributed by atoms with Gasteiger partial charge < -0.3 is 5.32 Å². The summed E-state index contributed by atoms with van der Waals surface area (Å²) in [6, 6.07) is 8.61. The number of nitrogens with zero attached hydrogens (tertiary/aromatic N) is 2. The minimum absolute atomic E-state index is 0.0596. The third-order valence-corrected chi connectivity index (χ3v) is 5.69. The molecule has 0 saturated heterocycles. The maximum absolute atomic E-state index is 4.66. The van der Waals surface area contributed by atoms with Crippen molar-refractivity contribution < 1.29 is 0 Å². The van der Waals surface area contributed by atoms with Gasteiger partial charge in [-0.1, -0.05) is 50.3 Å². The highest BCUT2D eigenvalue weighted by Crippen LogP contribution is 2.39. The van der Waals surface area contributed by atoms with Gasteiger partial charge in [0.15, 0.2) is 0 Å². The largest absolute Gasteiger partial charge is 0.347 e. The van der Waals surface area contributed by atoms with E-state index in [1.807, 2.05) is 6.20 Å². The third kappa shape index (κ3) is 4.85. The predicted octanol–water partition coefficient (Wildman–Crippen LogP) is 5.88. The molecule has 3 nitrogen and oxygen atoms in total. The summed E-state index contributed by atoms with van der Waals surface area (Å²) >= 11 is 0. The first-order chi connectivity index (χ1) is 12.9. The highest BCUT2D eigenvalue weighted by atomic mass is 15.0. The number of aliphatic imine (C=N–C) groups is 2. The maximum atomic E-state index is 4.66. The Morgan fingerprint density at radius 2 is 1.89 bits per heavy atom. The SMILES string of the molecule is C=C(Cc1ccc(C)cc1)NC1=NC=C(C)C(C)(CC2=NC=C(CC)C2)C1. The molecule has 0 aliphatic carbocycles. The Hall–Kier alpha value is -2.42. The molecule has 0 spiro atoms. The first-order valence-electron chi connectivity index (χ1n) is 9.85. The standard InChI is InChI=1S/C24H31N3/c1-6-20-12-22(25-16-20)13-24(5)14-23(26-15-18(24)3)27-19(4)11-21-9-7-17(2)8-10-21/h7-10,15-16H,4,6,11-14H2,1-3,5H3,(H,26,27). The quantitative estimate of drug-likeness (QED) is 0.674. The minimum atomic E-state index is 0.0596.